The Bertz CT molecular complexity index is 774. The third-order valence-electron chi connectivity index (χ3n) is 4.53. The van der Waals surface area contributed by atoms with E-state index in [1.165, 1.54) is 0 Å². The van der Waals surface area contributed by atoms with Crippen molar-refractivity contribution in [1.82, 2.24) is 4.90 Å². The van der Waals surface area contributed by atoms with Gasteiger partial charge in [-0.05, 0) is 23.8 Å². The summed E-state index contributed by atoms with van der Waals surface area (Å²) >= 11 is 6.25. The molecular weight excluding hydrogens is 376 g/mol. The average molecular weight is 401 g/mol. The van der Waals surface area contributed by atoms with Crippen LogP contribution in [-0.2, 0) is 16.1 Å². The van der Waals surface area contributed by atoms with Crippen LogP contribution >= 0.6 is 11.6 Å². The minimum absolute atomic E-state index is 0.248. The lowest BCUT2D eigenvalue weighted by Crippen LogP contribution is -2.49. The molecule has 1 fully saturated rings. The Labute approximate surface area is 171 Å². The van der Waals surface area contributed by atoms with Gasteiger partial charge in [-0.2, -0.15) is 0 Å². The lowest BCUT2D eigenvalue weighted by molar-refractivity contribution is 0.109. The summed E-state index contributed by atoms with van der Waals surface area (Å²) in [6.45, 7) is 4.02. The molecule has 148 valence electrons. The first kappa shape index (κ1) is 20.2. The molecular formula is C22H25ClN2O3. The van der Waals surface area contributed by atoms with Gasteiger partial charge in [0.15, 0.2) is 0 Å². The average Bonchev–Trinajstić information content (AvgIpc) is 2.74. The second-order valence-electron chi connectivity index (χ2n) is 6.47. The molecule has 0 bridgehead atoms. The molecule has 2 aromatic carbocycles. The maximum Gasteiger partial charge on any atom is 0.410 e. The standard InChI is InChI=1S/C22H25ClN2O3/c23-20-10-4-5-11-21(20)24-12-14-25(15-13-24)22(26)28-17-7-6-16-27-18-19-8-2-1-3-9-19/h1-11H,12-18H2/b7-6+. The van der Waals surface area contributed by atoms with E-state index in [1.807, 2.05) is 66.7 Å². The van der Waals surface area contributed by atoms with Crippen LogP contribution < -0.4 is 4.90 Å². The van der Waals surface area contributed by atoms with E-state index in [9.17, 15) is 4.79 Å². The molecule has 0 radical (unpaired) electrons. The van der Waals surface area contributed by atoms with Crippen LogP contribution in [0.25, 0.3) is 0 Å². The minimum Gasteiger partial charge on any atom is -0.445 e. The van der Waals surface area contributed by atoms with Gasteiger partial charge in [-0.15, -0.1) is 0 Å². The number of amides is 1. The van der Waals surface area contributed by atoms with Gasteiger partial charge in [0.1, 0.15) is 6.61 Å². The Balaban J connectivity index is 1.31. The van der Waals surface area contributed by atoms with Crippen molar-refractivity contribution in [3.05, 3.63) is 77.3 Å². The van der Waals surface area contributed by atoms with Crippen LogP contribution in [0.15, 0.2) is 66.7 Å². The number of hydrogen-bond acceptors (Lipinski definition) is 4. The van der Waals surface area contributed by atoms with Crippen molar-refractivity contribution in [2.75, 3.05) is 44.3 Å². The van der Waals surface area contributed by atoms with Crippen molar-refractivity contribution in [2.24, 2.45) is 0 Å². The Morgan fingerprint density at radius 2 is 1.61 bits per heavy atom. The Kier molecular flexibility index (Phi) is 7.76. The van der Waals surface area contributed by atoms with Gasteiger partial charge in [0.25, 0.3) is 0 Å². The van der Waals surface area contributed by atoms with E-state index in [0.29, 0.717) is 26.3 Å². The van der Waals surface area contributed by atoms with Gasteiger partial charge in [-0.25, -0.2) is 4.79 Å². The molecule has 1 aliphatic rings. The summed E-state index contributed by atoms with van der Waals surface area (Å²) in [4.78, 5) is 16.1. The minimum atomic E-state index is -0.284. The van der Waals surface area contributed by atoms with Crippen molar-refractivity contribution in [2.45, 2.75) is 6.61 Å². The third-order valence-corrected chi connectivity index (χ3v) is 4.85. The molecule has 1 heterocycles. The van der Waals surface area contributed by atoms with Crippen molar-refractivity contribution in [3.63, 3.8) is 0 Å². The summed E-state index contributed by atoms with van der Waals surface area (Å²) in [6, 6.07) is 17.8. The fraction of sp³-hybridized carbons (Fsp3) is 0.318. The van der Waals surface area contributed by atoms with Crippen LogP contribution in [0.5, 0.6) is 0 Å². The van der Waals surface area contributed by atoms with Crippen molar-refractivity contribution < 1.29 is 14.3 Å². The molecule has 1 amide bonds. The van der Waals surface area contributed by atoms with Crippen molar-refractivity contribution in [3.8, 4) is 0 Å². The number of para-hydroxylation sites is 1. The van der Waals surface area contributed by atoms with Gasteiger partial charge in [0, 0.05) is 26.2 Å². The lowest BCUT2D eigenvalue weighted by Gasteiger charge is -2.35. The van der Waals surface area contributed by atoms with E-state index >= 15 is 0 Å². The Hall–Kier alpha value is -2.50. The molecule has 1 aliphatic heterocycles. The molecule has 5 nitrogen and oxygen atoms in total. The van der Waals surface area contributed by atoms with Crippen LogP contribution in [0.4, 0.5) is 10.5 Å². The van der Waals surface area contributed by atoms with Gasteiger partial charge in [-0.1, -0.05) is 60.1 Å². The van der Waals surface area contributed by atoms with E-state index < -0.39 is 0 Å². The van der Waals surface area contributed by atoms with E-state index in [0.717, 1.165) is 29.4 Å². The quantitative estimate of drug-likeness (QED) is 0.511. The predicted molar refractivity (Wildman–Crippen MR) is 112 cm³/mol. The number of anilines is 1. The fourth-order valence-corrected chi connectivity index (χ4v) is 3.26. The van der Waals surface area contributed by atoms with Crippen LogP contribution in [-0.4, -0.2) is 50.4 Å². The number of hydrogen-bond donors (Lipinski definition) is 0. The van der Waals surface area contributed by atoms with Gasteiger partial charge in [0.2, 0.25) is 0 Å². The maximum atomic E-state index is 12.2. The molecule has 0 aliphatic carbocycles. The van der Waals surface area contributed by atoms with Crippen LogP contribution in [0.3, 0.4) is 0 Å². The molecule has 0 unspecified atom stereocenters. The highest BCUT2D eigenvalue weighted by atomic mass is 35.5. The molecule has 6 heteroatoms. The zero-order valence-electron chi connectivity index (χ0n) is 15.8. The van der Waals surface area contributed by atoms with Gasteiger partial charge in [0.05, 0.1) is 23.9 Å². The molecule has 0 spiro atoms. The van der Waals surface area contributed by atoms with Crippen LogP contribution in [0.1, 0.15) is 5.56 Å². The molecule has 3 rings (SSSR count). The maximum absolute atomic E-state index is 12.2. The zero-order chi connectivity index (χ0) is 19.6. The smallest absolute Gasteiger partial charge is 0.410 e. The van der Waals surface area contributed by atoms with Gasteiger partial charge >= 0.3 is 6.09 Å². The third kappa shape index (κ3) is 6.01. The normalized spacial score (nSPS) is 14.5. The molecule has 0 saturated carbocycles. The first-order chi connectivity index (χ1) is 13.7. The number of rotatable bonds is 7. The number of nitrogens with zero attached hydrogens (tertiary/aromatic N) is 2. The number of carbonyl (C=O) groups excluding carboxylic acids is 1. The largest absolute Gasteiger partial charge is 0.445 e. The van der Waals surface area contributed by atoms with Crippen molar-refractivity contribution in [1.29, 1.82) is 0 Å². The summed E-state index contributed by atoms with van der Waals surface area (Å²) in [7, 11) is 0. The topological polar surface area (TPSA) is 42.0 Å². The summed E-state index contributed by atoms with van der Waals surface area (Å²) in [5.41, 5.74) is 2.15. The summed E-state index contributed by atoms with van der Waals surface area (Å²) in [5.74, 6) is 0. The zero-order valence-corrected chi connectivity index (χ0v) is 16.6. The highest BCUT2D eigenvalue weighted by Gasteiger charge is 2.22. The molecule has 0 aromatic heterocycles. The molecule has 2 aromatic rings. The molecule has 28 heavy (non-hydrogen) atoms. The van der Waals surface area contributed by atoms with E-state index in [4.69, 9.17) is 21.1 Å². The van der Waals surface area contributed by atoms with E-state index in [1.54, 1.807) is 4.90 Å². The molecule has 0 atom stereocenters. The Morgan fingerprint density at radius 1 is 0.929 bits per heavy atom. The Morgan fingerprint density at radius 3 is 2.36 bits per heavy atom. The lowest BCUT2D eigenvalue weighted by atomic mass is 10.2. The molecule has 0 N–H and O–H groups in total. The first-order valence-electron chi connectivity index (χ1n) is 9.42. The van der Waals surface area contributed by atoms with Crippen LogP contribution in [0.2, 0.25) is 5.02 Å². The van der Waals surface area contributed by atoms with E-state index in [2.05, 4.69) is 4.90 Å². The number of carbonyl (C=O) groups is 1. The number of benzene rings is 2. The van der Waals surface area contributed by atoms with E-state index in [-0.39, 0.29) is 12.7 Å². The highest BCUT2D eigenvalue weighted by Crippen LogP contribution is 2.26. The molecule has 1 saturated heterocycles. The summed E-state index contributed by atoms with van der Waals surface area (Å²) in [5, 5.41) is 0.734. The second kappa shape index (κ2) is 10.7. The van der Waals surface area contributed by atoms with Gasteiger partial charge < -0.3 is 19.3 Å². The SMILES string of the molecule is O=C(OC/C=C/COCc1ccccc1)N1CCN(c2ccccc2Cl)CC1. The highest BCUT2D eigenvalue weighted by molar-refractivity contribution is 6.33. The first-order valence-corrected chi connectivity index (χ1v) is 9.79. The predicted octanol–water partition coefficient (Wildman–Crippen LogP) is 4.37. The summed E-state index contributed by atoms with van der Waals surface area (Å²) in [6.07, 6.45) is 3.39. The number of ether oxygens (including phenoxy) is 2. The van der Waals surface area contributed by atoms with Crippen LogP contribution in [0, 0.1) is 0 Å². The second-order valence-corrected chi connectivity index (χ2v) is 6.88. The van der Waals surface area contributed by atoms with Crippen molar-refractivity contribution >= 4 is 23.4 Å². The fourth-order valence-electron chi connectivity index (χ4n) is 3.00. The van der Waals surface area contributed by atoms with Gasteiger partial charge in [-0.3, -0.25) is 0 Å². The number of piperazine rings is 1. The number of halogens is 1. The monoisotopic (exact) mass is 400 g/mol. The summed E-state index contributed by atoms with van der Waals surface area (Å²) < 4.78 is 10.9.